The van der Waals surface area contributed by atoms with E-state index in [0.717, 1.165) is 25.7 Å². The zero-order valence-electron chi connectivity index (χ0n) is 13.9. The van der Waals surface area contributed by atoms with Gasteiger partial charge < -0.3 is 14.4 Å². The highest BCUT2D eigenvalue weighted by atomic mass is 19.1. The zero-order chi connectivity index (χ0) is 16.6. The largest absolute Gasteiger partial charge is 0.347 e. The third-order valence-corrected chi connectivity index (χ3v) is 5.88. The van der Waals surface area contributed by atoms with Gasteiger partial charge in [-0.1, -0.05) is 31.0 Å². The Labute approximate surface area is 141 Å². The van der Waals surface area contributed by atoms with Crippen LogP contribution in [0.3, 0.4) is 0 Å². The predicted molar refractivity (Wildman–Crippen MR) is 87.0 cm³/mol. The lowest BCUT2D eigenvalue weighted by Crippen LogP contribution is -2.52. The van der Waals surface area contributed by atoms with Crippen LogP contribution >= 0.6 is 0 Å². The summed E-state index contributed by atoms with van der Waals surface area (Å²) in [5, 5.41) is 0. The third-order valence-electron chi connectivity index (χ3n) is 5.88. The summed E-state index contributed by atoms with van der Waals surface area (Å²) in [6.45, 7) is 2.50. The second-order valence-corrected chi connectivity index (χ2v) is 7.17. The van der Waals surface area contributed by atoms with Gasteiger partial charge in [0.25, 0.3) is 0 Å². The number of hydrogen-bond donors (Lipinski definition) is 0. The van der Waals surface area contributed by atoms with Crippen LogP contribution in [0.25, 0.3) is 0 Å². The lowest BCUT2D eigenvalue weighted by Gasteiger charge is -2.41. The second-order valence-electron chi connectivity index (χ2n) is 7.17. The first kappa shape index (κ1) is 16.0. The van der Waals surface area contributed by atoms with E-state index in [1.54, 1.807) is 12.1 Å². The Balaban J connectivity index is 1.56. The molecule has 0 bridgehead atoms. The second kappa shape index (κ2) is 6.12. The molecule has 4 rings (SSSR count). The molecule has 4 nitrogen and oxygen atoms in total. The van der Waals surface area contributed by atoms with E-state index in [9.17, 15) is 9.18 Å². The van der Waals surface area contributed by atoms with Gasteiger partial charge in [-0.05, 0) is 18.9 Å². The summed E-state index contributed by atoms with van der Waals surface area (Å²) >= 11 is 0. The van der Waals surface area contributed by atoms with Crippen LogP contribution < -0.4 is 0 Å². The van der Waals surface area contributed by atoms with Crippen LogP contribution in [0.4, 0.5) is 4.39 Å². The number of hydrogen-bond acceptors (Lipinski definition) is 3. The van der Waals surface area contributed by atoms with Crippen molar-refractivity contribution >= 4 is 5.91 Å². The summed E-state index contributed by atoms with van der Waals surface area (Å²) in [7, 11) is 0. The smallest absolute Gasteiger partial charge is 0.233 e. The quantitative estimate of drug-likeness (QED) is 0.835. The summed E-state index contributed by atoms with van der Waals surface area (Å²) in [5.41, 5.74) is -0.117. The summed E-state index contributed by atoms with van der Waals surface area (Å²) < 4.78 is 25.9. The van der Waals surface area contributed by atoms with Gasteiger partial charge in [-0.2, -0.15) is 0 Å². The number of carbonyl (C=O) groups excluding carboxylic acids is 1. The molecule has 1 spiro atoms. The average molecular weight is 333 g/mol. The number of amides is 1. The highest BCUT2D eigenvalue weighted by Crippen LogP contribution is 2.44. The van der Waals surface area contributed by atoms with E-state index in [-0.39, 0.29) is 11.7 Å². The molecule has 130 valence electrons. The van der Waals surface area contributed by atoms with Crippen LogP contribution in [0.5, 0.6) is 0 Å². The first-order chi connectivity index (χ1) is 11.7. The molecule has 0 unspecified atom stereocenters. The lowest BCUT2D eigenvalue weighted by atomic mass is 9.76. The maximum atomic E-state index is 14.4. The normalized spacial score (nSPS) is 25.3. The van der Waals surface area contributed by atoms with E-state index in [0.29, 0.717) is 44.7 Å². The molecule has 5 heteroatoms. The Bertz CT molecular complexity index is 611. The fraction of sp³-hybridized carbons (Fsp3) is 0.632. The standard InChI is InChI=1S/C19H24FNO3/c20-16-6-2-1-5-15(16)18(7-3-4-8-18)17(22)21-11-9-19(10-12-21)23-13-14-24-19/h1-2,5-6H,3-4,7-14H2. The number of likely N-dealkylation sites (tertiary alicyclic amines) is 1. The van der Waals surface area contributed by atoms with E-state index in [1.807, 2.05) is 11.0 Å². The Morgan fingerprint density at radius 3 is 2.25 bits per heavy atom. The maximum absolute atomic E-state index is 14.4. The lowest BCUT2D eigenvalue weighted by molar-refractivity contribution is -0.188. The number of piperidine rings is 1. The van der Waals surface area contributed by atoms with Gasteiger partial charge in [-0.25, -0.2) is 4.39 Å². The Morgan fingerprint density at radius 2 is 1.62 bits per heavy atom. The van der Waals surface area contributed by atoms with Gasteiger partial charge in [0.1, 0.15) is 5.82 Å². The Hall–Kier alpha value is -1.46. The van der Waals surface area contributed by atoms with E-state index in [4.69, 9.17) is 9.47 Å². The van der Waals surface area contributed by atoms with Crippen LogP contribution in [-0.2, 0) is 19.7 Å². The molecule has 1 aromatic rings. The fourth-order valence-corrected chi connectivity index (χ4v) is 4.57. The number of rotatable bonds is 2. The molecule has 1 amide bonds. The molecule has 0 atom stereocenters. The van der Waals surface area contributed by atoms with Crippen molar-refractivity contribution in [2.75, 3.05) is 26.3 Å². The van der Waals surface area contributed by atoms with Crippen molar-refractivity contribution in [1.82, 2.24) is 4.90 Å². The molecule has 1 aliphatic carbocycles. The number of nitrogens with zero attached hydrogens (tertiary/aromatic N) is 1. The zero-order valence-corrected chi connectivity index (χ0v) is 13.9. The van der Waals surface area contributed by atoms with Gasteiger partial charge in [0, 0.05) is 31.5 Å². The summed E-state index contributed by atoms with van der Waals surface area (Å²) in [5.74, 6) is -0.668. The molecule has 24 heavy (non-hydrogen) atoms. The first-order valence-electron chi connectivity index (χ1n) is 8.98. The SMILES string of the molecule is O=C(N1CCC2(CC1)OCCO2)C1(c2ccccc2F)CCCC1. The number of ether oxygens (including phenoxy) is 2. The monoisotopic (exact) mass is 333 g/mol. The first-order valence-corrected chi connectivity index (χ1v) is 8.98. The van der Waals surface area contributed by atoms with Crippen LogP contribution in [0, 0.1) is 5.82 Å². The minimum Gasteiger partial charge on any atom is -0.347 e. The van der Waals surface area contributed by atoms with Crippen LogP contribution in [-0.4, -0.2) is 42.9 Å². The molecular weight excluding hydrogens is 309 g/mol. The topological polar surface area (TPSA) is 38.8 Å². The third kappa shape index (κ3) is 2.54. The van der Waals surface area contributed by atoms with E-state index in [2.05, 4.69) is 0 Å². The fourth-order valence-electron chi connectivity index (χ4n) is 4.57. The highest BCUT2D eigenvalue weighted by Gasteiger charge is 2.49. The van der Waals surface area contributed by atoms with Crippen molar-refractivity contribution in [3.63, 3.8) is 0 Å². The van der Waals surface area contributed by atoms with Crippen LogP contribution in [0.1, 0.15) is 44.1 Å². The van der Waals surface area contributed by atoms with Crippen LogP contribution in [0.15, 0.2) is 24.3 Å². The average Bonchev–Trinajstić information content (AvgIpc) is 3.26. The highest BCUT2D eigenvalue weighted by molar-refractivity contribution is 5.88. The van der Waals surface area contributed by atoms with E-state index in [1.165, 1.54) is 6.07 Å². The molecule has 0 N–H and O–H groups in total. The van der Waals surface area contributed by atoms with Crippen molar-refractivity contribution in [3.8, 4) is 0 Å². The van der Waals surface area contributed by atoms with Gasteiger partial charge >= 0.3 is 0 Å². The van der Waals surface area contributed by atoms with Crippen molar-refractivity contribution in [1.29, 1.82) is 0 Å². The van der Waals surface area contributed by atoms with E-state index >= 15 is 0 Å². The van der Waals surface area contributed by atoms with Crippen molar-refractivity contribution in [3.05, 3.63) is 35.6 Å². The minimum atomic E-state index is -0.687. The van der Waals surface area contributed by atoms with Crippen LogP contribution in [0.2, 0.25) is 0 Å². The minimum absolute atomic E-state index is 0.0814. The van der Waals surface area contributed by atoms with Gasteiger partial charge in [-0.3, -0.25) is 4.79 Å². The summed E-state index contributed by atoms with van der Waals surface area (Å²) in [4.78, 5) is 15.3. The van der Waals surface area contributed by atoms with Gasteiger partial charge in [0.15, 0.2) is 5.79 Å². The summed E-state index contributed by atoms with van der Waals surface area (Å²) in [6, 6.07) is 6.77. The van der Waals surface area contributed by atoms with Crippen molar-refractivity contribution in [2.24, 2.45) is 0 Å². The molecule has 1 aromatic carbocycles. The van der Waals surface area contributed by atoms with Gasteiger partial charge in [0.05, 0.1) is 18.6 Å². The van der Waals surface area contributed by atoms with E-state index < -0.39 is 11.2 Å². The number of halogens is 1. The molecule has 0 aromatic heterocycles. The summed E-state index contributed by atoms with van der Waals surface area (Å²) in [6.07, 6.45) is 4.83. The predicted octanol–water partition coefficient (Wildman–Crippen LogP) is 3.00. The molecule has 0 radical (unpaired) electrons. The molecule has 1 saturated carbocycles. The molecular formula is C19H24FNO3. The molecule has 2 saturated heterocycles. The maximum Gasteiger partial charge on any atom is 0.233 e. The molecule has 3 fully saturated rings. The van der Waals surface area contributed by atoms with Crippen molar-refractivity contribution in [2.45, 2.75) is 49.7 Å². The van der Waals surface area contributed by atoms with Gasteiger partial charge in [0.2, 0.25) is 5.91 Å². The number of benzene rings is 1. The number of carbonyl (C=O) groups is 1. The van der Waals surface area contributed by atoms with Crippen molar-refractivity contribution < 1.29 is 18.7 Å². The Kier molecular flexibility index (Phi) is 4.09. The van der Waals surface area contributed by atoms with Gasteiger partial charge in [-0.15, -0.1) is 0 Å². The Morgan fingerprint density at radius 1 is 1.00 bits per heavy atom. The molecule has 3 aliphatic rings. The molecule has 2 aliphatic heterocycles. The molecule has 2 heterocycles.